The van der Waals surface area contributed by atoms with Crippen molar-refractivity contribution in [1.29, 1.82) is 0 Å². The molecule has 0 amide bonds. The van der Waals surface area contributed by atoms with Crippen LogP contribution < -0.4 is 5.32 Å². The summed E-state index contributed by atoms with van der Waals surface area (Å²) in [6.45, 7) is 9.91. The van der Waals surface area contributed by atoms with E-state index in [4.69, 9.17) is 9.47 Å². The molecule has 0 bridgehead atoms. The van der Waals surface area contributed by atoms with Crippen LogP contribution in [0.2, 0.25) is 0 Å². The molecule has 1 N–H and O–H groups in total. The summed E-state index contributed by atoms with van der Waals surface area (Å²) in [6.07, 6.45) is 3.48. The van der Waals surface area contributed by atoms with Gasteiger partial charge in [-0.3, -0.25) is 0 Å². The zero-order chi connectivity index (χ0) is 14.2. The Balaban J connectivity index is 1.71. The zero-order valence-corrected chi connectivity index (χ0v) is 13.6. The van der Waals surface area contributed by atoms with E-state index in [-0.39, 0.29) is 0 Å². The Labute approximate surface area is 126 Å². The molecule has 0 aliphatic carbocycles. The van der Waals surface area contributed by atoms with Gasteiger partial charge in [-0.1, -0.05) is 6.92 Å². The summed E-state index contributed by atoms with van der Waals surface area (Å²) in [5, 5.41) is 3.46. The van der Waals surface area contributed by atoms with E-state index in [0.29, 0.717) is 5.92 Å². The van der Waals surface area contributed by atoms with Crippen molar-refractivity contribution >= 4 is 11.3 Å². The van der Waals surface area contributed by atoms with E-state index >= 15 is 0 Å². The average molecular weight is 297 g/mol. The smallest absolute Gasteiger partial charge is 0.0727 e. The van der Waals surface area contributed by atoms with Crippen LogP contribution in [0.5, 0.6) is 0 Å². The Morgan fingerprint density at radius 1 is 1.40 bits per heavy atom. The Kier molecular flexibility index (Phi) is 7.00. The lowest BCUT2D eigenvalue weighted by Gasteiger charge is -2.21. The van der Waals surface area contributed by atoms with Gasteiger partial charge >= 0.3 is 0 Å². The summed E-state index contributed by atoms with van der Waals surface area (Å²) in [6, 6.07) is 2.30. The van der Waals surface area contributed by atoms with Crippen molar-refractivity contribution in [3.63, 3.8) is 0 Å². The molecule has 1 fully saturated rings. The fraction of sp³-hybridized carbons (Fsp3) is 0.750. The molecular formula is C16H27NO2S. The van der Waals surface area contributed by atoms with E-state index in [0.717, 1.165) is 52.4 Å². The summed E-state index contributed by atoms with van der Waals surface area (Å²) in [7, 11) is 0. The molecule has 0 saturated carbocycles. The summed E-state index contributed by atoms with van der Waals surface area (Å²) < 4.78 is 11.3. The van der Waals surface area contributed by atoms with E-state index < -0.39 is 0 Å². The molecule has 0 atom stereocenters. The normalized spacial score (nSPS) is 16.7. The first-order valence-corrected chi connectivity index (χ1v) is 8.55. The SMILES string of the molecule is CCCNCc1cc(COCC2CCOCC2)c(C)s1. The number of thiophene rings is 1. The molecule has 0 aromatic carbocycles. The summed E-state index contributed by atoms with van der Waals surface area (Å²) in [5.74, 6) is 0.688. The Hall–Kier alpha value is -0.420. The third kappa shape index (κ3) is 5.17. The molecule has 20 heavy (non-hydrogen) atoms. The molecule has 3 nitrogen and oxygen atoms in total. The maximum atomic E-state index is 5.91. The standard InChI is InChI=1S/C16H27NO2S/c1-3-6-17-10-16-9-15(13(2)20-16)12-19-11-14-4-7-18-8-5-14/h9,14,17H,3-8,10-12H2,1-2H3. The predicted molar refractivity (Wildman–Crippen MR) is 84.3 cm³/mol. The third-order valence-corrected chi connectivity index (χ3v) is 4.84. The first-order chi connectivity index (χ1) is 9.79. The third-order valence-electron chi connectivity index (χ3n) is 3.75. The van der Waals surface area contributed by atoms with Crippen molar-refractivity contribution in [3.8, 4) is 0 Å². The molecule has 114 valence electrons. The van der Waals surface area contributed by atoms with Crippen molar-refractivity contribution in [2.45, 2.75) is 46.3 Å². The van der Waals surface area contributed by atoms with Crippen LogP contribution in [-0.2, 0) is 22.6 Å². The van der Waals surface area contributed by atoms with Gasteiger partial charge in [-0.05, 0) is 50.3 Å². The van der Waals surface area contributed by atoms with Gasteiger partial charge in [0.1, 0.15) is 0 Å². The van der Waals surface area contributed by atoms with E-state index in [1.165, 1.54) is 21.7 Å². The fourth-order valence-electron chi connectivity index (χ4n) is 2.46. The van der Waals surface area contributed by atoms with Crippen molar-refractivity contribution in [3.05, 3.63) is 21.4 Å². The lowest BCUT2D eigenvalue weighted by atomic mass is 10.0. The van der Waals surface area contributed by atoms with Crippen LogP contribution in [0.1, 0.15) is 41.5 Å². The Morgan fingerprint density at radius 3 is 2.95 bits per heavy atom. The summed E-state index contributed by atoms with van der Waals surface area (Å²) >= 11 is 1.89. The van der Waals surface area contributed by atoms with Crippen LogP contribution in [0.15, 0.2) is 6.07 Å². The van der Waals surface area contributed by atoms with E-state index in [1.54, 1.807) is 0 Å². The molecule has 1 aromatic heterocycles. The molecule has 1 aromatic rings. The molecule has 2 rings (SSSR count). The molecule has 1 aliphatic rings. The van der Waals surface area contributed by atoms with Gasteiger partial charge in [0.15, 0.2) is 0 Å². The van der Waals surface area contributed by atoms with Gasteiger partial charge in [-0.15, -0.1) is 11.3 Å². The highest BCUT2D eigenvalue weighted by Crippen LogP contribution is 2.23. The van der Waals surface area contributed by atoms with Gasteiger partial charge in [0.05, 0.1) is 13.2 Å². The maximum absolute atomic E-state index is 5.91. The number of rotatable bonds is 8. The molecule has 2 heterocycles. The Morgan fingerprint density at radius 2 is 2.20 bits per heavy atom. The van der Waals surface area contributed by atoms with Crippen LogP contribution >= 0.6 is 11.3 Å². The van der Waals surface area contributed by atoms with E-state index in [1.807, 2.05) is 11.3 Å². The second kappa shape index (κ2) is 8.78. The first kappa shape index (κ1) is 16.0. The monoisotopic (exact) mass is 297 g/mol. The van der Waals surface area contributed by atoms with Crippen molar-refractivity contribution in [1.82, 2.24) is 5.32 Å². The van der Waals surface area contributed by atoms with Gasteiger partial charge < -0.3 is 14.8 Å². The van der Waals surface area contributed by atoms with Gasteiger partial charge in [0.2, 0.25) is 0 Å². The first-order valence-electron chi connectivity index (χ1n) is 7.74. The van der Waals surface area contributed by atoms with Crippen molar-refractivity contribution in [2.24, 2.45) is 5.92 Å². The predicted octanol–water partition coefficient (Wildman–Crippen LogP) is 3.50. The lowest BCUT2D eigenvalue weighted by Crippen LogP contribution is -2.20. The molecule has 1 saturated heterocycles. The molecule has 0 radical (unpaired) electrons. The van der Waals surface area contributed by atoms with E-state index in [2.05, 4.69) is 25.2 Å². The molecular weight excluding hydrogens is 270 g/mol. The zero-order valence-electron chi connectivity index (χ0n) is 12.7. The molecule has 0 spiro atoms. The second-order valence-corrected chi connectivity index (χ2v) is 6.88. The van der Waals surface area contributed by atoms with Gasteiger partial charge in [-0.2, -0.15) is 0 Å². The lowest BCUT2D eigenvalue weighted by molar-refractivity contribution is 0.0157. The quantitative estimate of drug-likeness (QED) is 0.745. The average Bonchev–Trinajstić information content (AvgIpc) is 2.81. The molecule has 1 aliphatic heterocycles. The minimum absolute atomic E-state index is 0.688. The Bertz CT molecular complexity index is 386. The second-order valence-electron chi connectivity index (χ2n) is 5.54. The summed E-state index contributed by atoms with van der Waals surface area (Å²) in [4.78, 5) is 2.81. The molecule has 0 unspecified atom stereocenters. The molecule has 4 heteroatoms. The van der Waals surface area contributed by atoms with Crippen LogP contribution in [0.25, 0.3) is 0 Å². The van der Waals surface area contributed by atoms with Crippen LogP contribution in [0.4, 0.5) is 0 Å². The highest BCUT2D eigenvalue weighted by atomic mass is 32.1. The minimum atomic E-state index is 0.688. The van der Waals surface area contributed by atoms with Crippen LogP contribution in [-0.4, -0.2) is 26.4 Å². The fourth-order valence-corrected chi connectivity index (χ4v) is 3.47. The van der Waals surface area contributed by atoms with Gasteiger partial charge in [0, 0.05) is 29.5 Å². The van der Waals surface area contributed by atoms with Gasteiger partial charge in [0.25, 0.3) is 0 Å². The van der Waals surface area contributed by atoms with Crippen LogP contribution in [0.3, 0.4) is 0 Å². The van der Waals surface area contributed by atoms with Crippen molar-refractivity contribution < 1.29 is 9.47 Å². The van der Waals surface area contributed by atoms with E-state index in [9.17, 15) is 0 Å². The van der Waals surface area contributed by atoms with Gasteiger partial charge in [-0.25, -0.2) is 0 Å². The van der Waals surface area contributed by atoms with Crippen molar-refractivity contribution in [2.75, 3.05) is 26.4 Å². The number of nitrogens with one attached hydrogen (secondary N) is 1. The number of hydrogen-bond acceptors (Lipinski definition) is 4. The highest BCUT2D eigenvalue weighted by molar-refractivity contribution is 7.12. The number of ether oxygens (including phenoxy) is 2. The maximum Gasteiger partial charge on any atom is 0.0727 e. The summed E-state index contributed by atoms with van der Waals surface area (Å²) in [5.41, 5.74) is 1.36. The highest BCUT2D eigenvalue weighted by Gasteiger charge is 2.14. The van der Waals surface area contributed by atoms with Crippen LogP contribution in [0, 0.1) is 12.8 Å². The number of hydrogen-bond donors (Lipinski definition) is 1. The largest absolute Gasteiger partial charge is 0.381 e. The number of aryl methyl sites for hydroxylation is 1. The minimum Gasteiger partial charge on any atom is -0.381 e. The topological polar surface area (TPSA) is 30.5 Å².